The average molecular weight is 548 g/mol. The lowest BCUT2D eigenvalue weighted by molar-refractivity contribution is -0.141. The van der Waals surface area contributed by atoms with Crippen molar-refractivity contribution in [2.24, 2.45) is 0 Å². The van der Waals surface area contributed by atoms with Crippen LogP contribution in [-0.2, 0) is 26.2 Å². The van der Waals surface area contributed by atoms with Crippen molar-refractivity contribution in [2.75, 3.05) is 17.1 Å². The van der Waals surface area contributed by atoms with E-state index in [-0.39, 0.29) is 37.4 Å². The molecule has 37 heavy (non-hydrogen) atoms. The Kier molecular flexibility index (Phi) is 10.4. The van der Waals surface area contributed by atoms with Crippen molar-refractivity contribution < 1.29 is 18.0 Å². The SMILES string of the molecule is Cc1ccc(N(CCCC(=O)N(Cc2cccc(Cl)c2)[C@H](C)C(=O)NC2CCCCC2)S(C)(=O)=O)cc1. The molecule has 0 spiro atoms. The highest BCUT2D eigenvalue weighted by Gasteiger charge is 2.28. The summed E-state index contributed by atoms with van der Waals surface area (Å²) in [5.74, 6) is -0.372. The number of carbonyl (C=O) groups is 2. The molecule has 1 aliphatic carbocycles. The van der Waals surface area contributed by atoms with Crippen LogP contribution in [0.15, 0.2) is 48.5 Å². The van der Waals surface area contributed by atoms with Crippen LogP contribution in [0, 0.1) is 6.92 Å². The predicted molar refractivity (Wildman–Crippen MR) is 149 cm³/mol. The van der Waals surface area contributed by atoms with Crippen LogP contribution >= 0.6 is 11.6 Å². The highest BCUT2D eigenvalue weighted by atomic mass is 35.5. The maximum absolute atomic E-state index is 13.4. The van der Waals surface area contributed by atoms with Gasteiger partial charge in [0.1, 0.15) is 6.04 Å². The van der Waals surface area contributed by atoms with Crippen LogP contribution in [0.4, 0.5) is 5.69 Å². The van der Waals surface area contributed by atoms with Crippen LogP contribution < -0.4 is 9.62 Å². The molecule has 2 aromatic rings. The van der Waals surface area contributed by atoms with Gasteiger partial charge in [-0.3, -0.25) is 13.9 Å². The van der Waals surface area contributed by atoms with Gasteiger partial charge in [0.15, 0.2) is 0 Å². The van der Waals surface area contributed by atoms with E-state index >= 15 is 0 Å². The zero-order valence-corrected chi connectivity index (χ0v) is 23.5. The number of sulfonamides is 1. The Labute approximate surface area is 226 Å². The van der Waals surface area contributed by atoms with E-state index in [1.54, 1.807) is 36.1 Å². The van der Waals surface area contributed by atoms with Crippen molar-refractivity contribution in [2.45, 2.75) is 77.4 Å². The summed E-state index contributed by atoms with van der Waals surface area (Å²) < 4.78 is 26.2. The van der Waals surface area contributed by atoms with E-state index in [4.69, 9.17) is 11.6 Å². The number of hydrogen-bond donors (Lipinski definition) is 1. The number of benzene rings is 2. The molecular formula is C28H38ClN3O4S. The number of anilines is 1. The van der Waals surface area contributed by atoms with Gasteiger partial charge in [0.05, 0.1) is 11.9 Å². The molecule has 0 heterocycles. The molecule has 202 valence electrons. The second-order valence-electron chi connectivity index (χ2n) is 9.95. The fourth-order valence-corrected chi connectivity index (χ4v) is 5.88. The van der Waals surface area contributed by atoms with Gasteiger partial charge in [-0.1, -0.05) is 60.7 Å². The van der Waals surface area contributed by atoms with E-state index in [1.165, 1.54) is 10.7 Å². The first-order chi connectivity index (χ1) is 17.5. The van der Waals surface area contributed by atoms with Gasteiger partial charge in [-0.2, -0.15) is 0 Å². The van der Waals surface area contributed by atoms with Gasteiger partial charge in [0.2, 0.25) is 21.8 Å². The molecule has 7 nitrogen and oxygen atoms in total. The van der Waals surface area contributed by atoms with Crippen LogP contribution in [0.3, 0.4) is 0 Å². The van der Waals surface area contributed by atoms with E-state index in [2.05, 4.69) is 5.32 Å². The fraction of sp³-hybridized carbons (Fsp3) is 0.500. The molecule has 0 aliphatic heterocycles. The molecule has 0 aromatic heterocycles. The van der Waals surface area contributed by atoms with Gasteiger partial charge in [0, 0.05) is 30.6 Å². The summed E-state index contributed by atoms with van der Waals surface area (Å²) >= 11 is 6.16. The third kappa shape index (κ3) is 8.75. The van der Waals surface area contributed by atoms with E-state index in [9.17, 15) is 18.0 Å². The Morgan fingerprint density at radius 1 is 1.08 bits per heavy atom. The summed E-state index contributed by atoms with van der Waals surface area (Å²) in [6, 6.07) is 14.0. The molecule has 3 rings (SSSR count). The number of halogens is 1. The third-order valence-corrected chi connectivity index (χ3v) is 8.26. The van der Waals surface area contributed by atoms with Gasteiger partial charge in [-0.25, -0.2) is 8.42 Å². The maximum Gasteiger partial charge on any atom is 0.242 e. The van der Waals surface area contributed by atoms with Gasteiger partial charge in [0.25, 0.3) is 0 Å². The molecule has 0 bridgehead atoms. The number of carbonyl (C=O) groups excluding carboxylic acids is 2. The summed E-state index contributed by atoms with van der Waals surface area (Å²) in [5, 5.41) is 3.69. The Balaban J connectivity index is 1.71. The summed E-state index contributed by atoms with van der Waals surface area (Å²) in [6.07, 6.45) is 6.90. The van der Waals surface area contributed by atoms with E-state index in [0.29, 0.717) is 17.1 Å². The molecule has 1 atom stereocenters. The highest BCUT2D eigenvalue weighted by Crippen LogP contribution is 2.21. The lowest BCUT2D eigenvalue weighted by atomic mass is 9.95. The third-order valence-electron chi connectivity index (χ3n) is 6.83. The number of amides is 2. The predicted octanol–water partition coefficient (Wildman–Crippen LogP) is 5.06. The molecule has 0 radical (unpaired) electrons. The number of nitrogens with zero attached hydrogens (tertiary/aromatic N) is 2. The normalized spacial score (nSPS) is 15.1. The Bertz CT molecular complexity index is 1160. The summed E-state index contributed by atoms with van der Waals surface area (Å²) in [7, 11) is -3.52. The van der Waals surface area contributed by atoms with Gasteiger partial charge in [-0.15, -0.1) is 0 Å². The second kappa shape index (κ2) is 13.3. The van der Waals surface area contributed by atoms with Crippen LogP contribution in [0.2, 0.25) is 5.02 Å². The molecule has 0 unspecified atom stereocenters. The van der Waals surface area contributed by atoms with Crippen molar-refractivity contribution in [1.29, 1.82) is 0 Å². The molecule has 9 heteroatoms. The quantitative estimate of drug-likeness (QED) is 0.426. The average Bonchev–Trinajstić information content (AvgIpc) is 2.85. The number of aryl methyl sites for hydroxylation is 1. The first-order valence-electron chi connectivity index (χ1n) is 12.9. The van der Waals surface area contributed by atoms with Crippen LogP contribution in [0.25, 0.3) is 0 Å². The van der Waals surface area contributed by atoms with Gasteiger partial charge >= 0.3 is 0 Å². The second-order valence-corrected chi connectivity index (χ2v) is 12.3. The minimum Gasteiger partial charge on any atom is -0.352 e. The van der Waals surface area contributed by atoms with Crippen molar-refractivity contribution in [3.8, 4) is 0 Å². The van der Waals surface area contributed by atoms with Crippen LogP contribution in [0.1, 0.15) is 63.0 Å². The Morgan fingerprint density at radius 3 is 2.38 bits per heavy atom. The zero-order valence-electron chi connectivity index (χ0n) is 22.0. The standard InChI is InChI=1S/C28H38ClN3O4S/c1-21-14-16-26(17-15-21)32(37(3,35)36)18-8-13-27(33)31(20-23-9-7-10-24(29)19-23)22(2)28(34)30-25-11-5-4-6-12-25/h7,9-10,14-17,19,22,25H,4-6,8,11-13,18,20H2,1-3H3,(H,30,34)/t22-/m1/s1. The zero-order chi connectivity index (χ0) is 27.0. The van der Waals surface area contributed by atoms with Crippen molar-refractivity contribution >= 4 is 39.1 Å². The van der Waals surface area contributed by atoms with Crippen molar-refractivity contribution in [3.05, 3.63) is 64.7 Å². The molecule has 1 N–H and O–H groups in total. The molecule has 0 saturated heterocycles. The fourth-order valence-electron chi connectivity index (χ4n) is 4.70. The number of hydrogen-bond acceptors (Lipinski definition) is 4. The minimum absolute atomic E-state index is 0.111. The summed E-state index contributed by atoms with van der Waals surface area (Å²) in [4.78, 5) is 28.1. The molecule has 1 fully saturated rings. The smallest absolute Gasteiger partial charge is 0.242 e. The van der Waals surface area contributed by atoms with Gasteiger partial charge < -0.3 is 10.2 Å². The summed E-state index contributed by atoms with van der Waals surface area (Å²) in [5.41, 5.74) is 2.43. The molecule has 2 amide bonds. The molecular weight excluding hydrogens is 510 g/mol. The first-order valence-corrected chi connectivity index (χ1v) is 15.2. The summed E-state index contributed by atoms with van der Waals surface area (Å²) in [6.45, 7) is 4.09. The first kappa shape index (κ1) is 29.0. The van der Waals surface area contributed by atoms with E-state index in [0.717, 1.165) is 43.1 Å². The Morgan fingerprint density at radius 2 is 1.76 bits per heavy atom. The lowest BCUT2D eigenvalue weighted by Gasteiger charge is -2.31. The largest absolute Gasteiger partial charge is 0.352 e. The van der Waals surface area contributed by atoms with E-state index in [1.807, 2.05) is 31.2 Å². The molecule has 2 aromatic carbocycles. The van der Waals surface area contributed by atoms with Crippen LogP contribution in [-0.4, -0.2) is 50.0 Å². The van der Waals surface area contributed by atoms with Crippen LogP contribution in [0.5, 0.6) is 0 Å². The Hall–Kier alpha value is -2.58. The highest BCUT2D eigenvalue weighted by molar-refractivity contribution is 7.92. The van der Waals surface area contributed by atoms with Crippen molar-refractivity contribution in [1.82, 2.24) is 10.2 Å². The van der Waals surface area contributed by atoms with E-state index < -0.39 is 16.1 Å². The van der Waals surface area contributed by atoms with Crippen molar-refractivity contribution in [3.63, 3.8) is 0 Å². The molecule has 1 saturated carbocycles. The van der Waals surface area contributed by atoms with Gasteiger partial charge in [-0.05, 0) is 62.9 Å². The number of rotatable bonds is 11. The monoisotopic (exact) mass is 547 g/mol. The molecule has 1 aliphatic rings. The maximum atomic E-state index is 13.4. The number of nitrogens with one attached hydrogen (secondary N) is 1. The topological polar surface area (TPSA) is 86.8 Å². The lowest BCUT2D eigenvalue weighted by Crippen LogP contribution is -2.50. The minimum atomic E-state index is -3.52.